The molecule has 0 radical (unpaired) electrons. The van der Waals surface area contributed by atoms with E-state index in [9.17, 15) is 4.79 Å². The van der Waals surface area contributed by atoms with Gasteiger partial charge in [0, 0.05) is 18.7 Å². The van der Waals surface area contributed by atoms with Crippen LogP contribution >= 0.6 is 0 Å². The number of pyridine rings is 1. The van der Waals surface area contributed by atoms with E-state index in [1.54, 1.807) is 0 Å². The van der Waals surface area contributed by atoms with Crippen LogP contribution in [-0.2, 0) is 11.3 Å². The number of carbonyl (C=O) groups excluding carboxylic acids is 1. The van der Waals surface area contributed by atoms with Crippen LogP contribution in [0.4, 0.5) is 0 Å². The standard InChI is InChI=1S/C12H20N4O/c1-10-5-3-6-11(14-10)9-16(2)8-4-7-12(17)15-13/h3,5-6H,4,7-9,13H2,1-2H3,(H,15,17). The normalized spacial score (nSPS) is 10.6. The van der Waals surface area contributed by atoms with Crippen molar-refractivity contribution in [2.45, 2.75) is 26.3 Å². The van der Waals surface area contributed by atoms with Gasteiger partial charge in [-0.2, -0.15) is 0 Å². The molecule has 0 aliphatic carbocycles. The van der Waals surface area contributed by atoms with Crippen molar-refractivity contribution in [1.29, 1.82) is 0 Å². The average Bonchev–Trinajstić information content (AvgIpc) is 2.28. The van der Waals surface area contributed by atoms with Crippen molar-refractivity contribution < 1.29 is 4.79 Å². The molecule has 3 N–H and O–H groups in total. The van der Waals surface area contributed by atoms with E-state index in [0.29, 0.717) is 6.42 Å². The summed E-state index contributed by atoms with van der Waals surface area (Å²) in [5, 5.41) is 0. The van der Waals surface area contributed by atoms with E-state index in [4.69, 9.17) is 5.84 Å². The van der Waals surface area contributed by atoms with Gasteiger partial charge in [-0.3, -0.25) is 15.2 Å². The lowest BCUT2D eigenvalue weighted by Gasteiger charge is -2.15. The van der Waals surface area contributed by atoms with Gasteiger partial charge in [-0.1, -0.05) is 6.07 Å². The van der Waals surface area contributed by atoms with Gasteiger partial charge in [0.15, 0.2) is 0 Å². The maximum atomic E-state index is 10.9. The Labute approximate surface area is 102 Å². The highest BCUT2D eigenvalue weighted by molar-refractivity contribution is 5.75. The Morgan fingerprint density at radius 1 is 1.53 bits per heavy atom. The quantitative estimate of drug-likeness (QED) is 0.431. The van der Waals surface area contributed by atoms with Crippen LogP contribution in [0.5, 0.6) is 0 Å². The molecule has 5 heteroatoms. The fourth-order valence-electron chi connectivity index (χ4n) is 1.62. The maximum Gasteiger partial charge on any atom is 0.233 e. The SMILES string of the molecule is Cc1cccc(CN(C)CCCC(=O)NN)n1. The Morgan fingerprint density at radius 2 is 2.29 bits per heavy atom. The molecule has 0 saturated heterocycles. The number of rotatable bonds is 6. The van der Waals surface area contributed by atoms with E-state index < -0.39 is 0 Å². The molecule has 1 aromatic rings. The molecule has 1 rings (SSSR count). The molecule has 0 fully saturated rings. The average molecular weight is 236 g/mol. The lowest BCUT2D eigenvalue weighted by Crippen LogP contribution is -2.30. The maximum absolute atomic E-state index is 10.9. The summed E-state index contributed by atoms with van der Waals surface area (Å²) in [6.45, 7) is 3.63. The predicted molar refractivity (Wildman–Crippen MR) is 66.9 cm³/mol. The van der Waals surface area contributed by atoms with E-state index >= 15 is 0 Å². The number of amides is 1. The first-order valence-corrected chi connectivity index (χ1v) is 5.72. The van der Waals surface area contributed by atoms with Gasteiger partial charge in [0.25, 0.3) is 0 Å². The second-order valence-electron chi connectivity index (χ2n) is 4.18. The number of nitrogens with zero attached hydrogens (tertiary/aromatic N) is 2. The van der Waals surface area contributed by atoms with Gasteiger partial charge in [0.2, 0.25) is 5.91 Å². The smallest absolute Gasteiger partial charge is 0.233 e. The molecule has 17 heavy (non-hydrogen) atoms. The fraction of sp³-hybridized carbons (Fsp3) is 0.500. The summed E-state index contributed by atoms with van der Waals surface area (Å²) in [4.78, 5) is 17.5. The highest BCUT2D eigenvalue weighted by Gasteiger charge is 2.03. The van der Waals surface area contributed by atoms with E-state index in [0.717, 1.165) is 30.9 Å². The highest BCUT2D eigenvalue weighted by Crippen LogP contribution is 2.03. The minimum Gasteiger partial charge on any atom is -0.301 e. The van der Waals surface area contributed by atoms with Gasteiger partial charge >= 0.3 is 0 Å². The summed E-state index contributed by atoms with van der Waals surface area (Å²) in [6, 6.07) is 6.00. The van der Waals surface area contributed by atoms with Gasteiger partial charge in [0.1, 0.15) is 0 Å². The minimum atomic E-state index is -0.118. The third-order valence-corrected chi connectivity index (χ3v) is 2.48. The number of aromatic nitrogens is 1. The summed E-state index contributed by atoms with van der Waals surface area (Å²) in [6.07, 6.45) is 1.26. The Bertz CT molecular complexity index is 367. The first kappa shape index (κ1) is 13.6. The van der Waals surface area contributed by atoms with Crippen LogP contribution in [0.1, 0.15) is 24.2 Å². The molecule has 1 amide bonds. The lowest BCUT2D eigenvalue weighted by atomic mass is 10.2. The van der Waals surface area contributed by atoms with Crippen LogP contribution in [0.25, 0.3) is 0 Å². The summed E-state index contributed by atoms with van der Waals surface area (Å²) < 4.78 is 0. The Hall–Kier alpha value is -1.46. The van der Waals surface area contributed by atoms with Crippen LogP contribution < -0.4 is 11.3 Å². The molecule has 94 valence electrons. The Morgan fingerprint density at radius 3 is 2.94 bits per heavy atom. The van der Waals surface area contributed by atoms with Gasteiger partial charge in [-0.05, 0) is 39.1 Å². The van der Waals surface area contributed by atoms with E-state index in [1.807, 2.05) is 32.2 Å². The van der Waals surface area contributed by atoms with Crippen LogP contribution in [0.2, 0.25) is 0 Å². The molecule has 0 bridgehead atoms. The molecular formula is C12H20N4O. The van der Waals surface area contributed by atoms with Crippen molar-refractivity contribution in [1.82, 2.24) is 15.3 Å². The van der Waals surface area contributed by atoms with Crippen molar-refractivity contribution >= 4 is 5.91 Å². The van der Waals surface area contributed by atoms with Crippen molar-refractivity contribution in [2.75, 3.05) is 13.6 Å². The third kappa shape index (κ3) is 5.42. The van der Waals surface area contributed by atoms with Crippen molar-refractivity contribution in [2.24, 2.45) is 5.84 Å². The van der Waals surface area contributed by atoms with Crippen LogP contribution in [0.3, 0.4) is 0 Å². The largest absolute Gasteiger partial charge is 0.301 e. The van der Waals surface area contributed by atoms with Crippen LogP contribution in [0, 0.1) is 6.92 Å². The topological polar surface area (TPSA) is 71.2 Å². The zero-order chi connectivity index (χ0) is 12.7. The monoisotopic (exact) mass is 236 g/mol. The molecule has 0 atom stereocenters. The number of hydrazine groups is 1. The number of carbonyl (C=O) groups is 1. The minimum absolute atomic E-state index is 0.118. The summed E-state index contributed by atoms with van der Waals surface area (Å²) in [7, 11) is 2.02. The van der Waals surface area contributed by atoms with Crippen LogP contribution in [-0.4, -0.2) is 29.4 Å². The first-order valence-electron chi connectivity index (χ1n) is 5.72. The Balaban J connectivity index is 2.29. The molecule has 0 unspecified atom stereocenters. The van der Waals surface area contributed by atoms with Crippen molar-refractivity contribution in [3.63, 3.8) is 0 Å². The zero-order valence-corrected chi connectivity index (χ0v) is 10.4. The van der Waals surface area contributed by atoms with E-state index in [2.05, 4.69) is 15.3 Å². The highest BCUT2D eigenvalue weighted by atomic mass is 16.2. The first-order chi connectivity index (χ1) is 8.11. The molecule has 0 aliphatic heterocycles. The van der Waals surface area contributed by atoms with Crippen LogP contribution in [0.15, 0.2) is 18.2 Å². The number of aryl methyl sites for hydroxylation is 1. The molecule has 0 aliphatic rings. The van der Waals surface area contributed by atoms with E-state index in [-0.39, 0.29) is 5.91 Å². The number of hydrogen-bond acceptors (Lipinski definition) is 4. The summed E-state index contributed by atoms with van der Waals surface area (Å²) in [5.41, 5.74) is 4.20. The number of hydrogen-bond donors (Lipinski definition) is 2. The van der Waals surface area contributed by atoms with E-state index in [1.165, 1.54) is 0 Å². The second kappa shape index (κ2) is 6.98. The Kier molecular flexibility index (Phi) is 5.59. The van der Waals surface area contributed by atoms with Gasteiger partial charge in [-0.15, -0.1) is 0 Å². The molecular weight excluding hydrogens is 216 g/mol. The molecule has 0 aromatic carbocycles. The van der Waals surface area contributed by atoms with Crippen molar-refractivity contribution in [3.8, 4) is 0 Å². The number of nitrogens with one attached hydrogen (secondary N) is 1. The van der Waals surface area contributed by atoms with Gasteiger partial charge in [0.05, 0.1) is 5.69 Å². The molecule has 0 spiro atoms. The molecule has 1 heterocycles. The summed E-state index contributed by atoms with van der Waals surface area (Å²) in [5.74, 6) is 4.89. The second-order valence-corrected chi connectivity index (χ2v) is 4.18. The molecule has 0 saturated carbocycles. The van der Waals surface area contributed by atoms with Crippen molar-refractivity contribution in [3.05, 3.63) is 29.6 Å². The summed E-state index contributed by atoms with van der Waals surface area (Å²) >= 11 is 0. The molecule has 1 aromatic heterocycles. The molecule has 5 nitrogen and oxygen atoms in total. The van der Waals surface area contributed by atoms with Gasteiger partial charge in [-0.25, -0.2) is 5.84 Å². The lowest BCUT2D eigenvalue weighted by molar-refractivity contribution is -0.121. The zero-order valence-electron chi connectivity index (χ0n) is 10.4. The number of nitrogens with two attached hydrogens (primary N) is 1. The predicted octanol–water partition coefficient (Wildman–Crippen LogP) is 0.592. The third-order valence-electron chi connectivity index (χ3n) is 2.48. The van der Waals surface area contributed by atoms with Gasteiger partial charge < -0.3 is 4.90 Å². The fourth-order valence-corrected chi connectivity index (χ4v) is 1.62.